The van der Waals surface area contributed by atoms with Gasteiger partial charge in [0.05, 0.1) is 24.2 Å². The molecular weight excluding hydrogens is 282 g/mol. The molecule has 1 aromatic heterocycles. The Morgan fingerprint density at radius 2 is 2.05 bits per heavy atom. The predicted molar refractivity (Wildman–Crippen MR) is 81.0 cm³/mol. The summed E-state index contributed by atoms with van der Waals surface area (Å²) < 4.78 is 6.69. The number of carbonyl (C=O) groups is 2. The van der Waals surface area contributed by atoms with Crippen molar-refractivity contribution in [2.45, 2.75) is 25.8 Å². The van der Waals surface area contributed by atoms with Crippen molar-refractivity contribution in [3.8, 4) is 0 Å². The van der Waals surface area contributed by atoms with Crippen LogP contribution in [0.5, 0.6) is 0 Å². The molecule has 6 heteroatoms. The van der Waals surface area contributed by atoms with Gasteiger partial charge in [0, 0.05) is 7.05 Å². The number of fused-ring (bicyclic) bond motifs is 1. The van der Waals surface area contributed by atoms with Crippen molar-refractivity contribution in [1.82, 2.24) is 14.9 Å². The first-order valence-corrected chi connectivity index (χ1v) is 7.30. The van der Waals surface area contributed by atoms with Gasteiger partial charge >= 0.3 is 5.97 Å². The maximum atomic E-state index is 12.4. The van der Waals surface area contributed by atoms with E-state index in [1.165, 1.54) is 7.11 Å². The van der Waals surface area contributed by atoms with Gasteiger partial charge in [0.15, 0.2) is 0 Å². The highest BCUT2D eigenvalue weighted by molar-refractivity contribution is 6.05. The zero-order valence-corrected chi connectivity index (χ0v) is 12.9. The summed E-state index contributed by atoms with van der Waals surface area (Å²) in [6.45, 7) is 1.87. The van der Waals surface area contributed by atoms with Gasteiger partial charge in [0.25, 0.3) is 0 Å². The Hall–Kier alpha value is -2.37. The SMILES string of the molecule is COC(=O)C1(C(=O)N[C@@H](C)c2nc3ccccc3n2C)CC1. The molecule has 1 aliphatic carbocycles. The predicted octanol–water partition coefficient (Wildman–Crippen LogP) is 1.70. The molecule has 6 nitrogen and oxygen atoms in total. The lowest BCUT2D eigenvalue weighted by atomic mass is 10.1. The number of rotatable bonds is 4. The van der Waals surface area contributed by atoms with E-state index in [-0.39, 0.29) is 11.9 Å². The average Bonchev–Trinajstić information content (AvgIpc) is 3.27. The molecule has 3 rings (SSSR count). The van der Waals surface area contributed by atoms with Crippen LogP contribution in [0.2, 0.25) is 0 Å². The zero-order valence-electron chi connectivity index (χ0n) is 12.9. The highest BCUT2D eigenvalue weighted by Gasteiger charge is 2.58. The van der Waals surface area contributed by atoms with E-state index >= 15 is 0 Å². The summed E-state index contributed by atoms with van der Waals surface area (Å²) >= 11 is 0. The van der Waals surface area contributed by atoms with Crippen molar-refractivity contribution in [2.75, 3.05) is 7.11 Å². The number of imidazole rings is 1. The second-order valence-corrected chi connectivity index (χ2v) is 5.79. The second kappa shape index (κ2) is 5.12. The van der Waals surface area contributed by atoms with E-state index in [2.05, 4.69) is 10.3 Å². The minimum atomic E-state index is -0.992. The van der Waals surface area contributed by atoms with Crippen LogP contribution in [0.25, 0.3) is 11.0 Å². The van der Waals surface area contributed by atoms with Crippen molar-refractivity contribution in [1.29, 1.82) is 0 Å². The molecule has 116 valence electrons. The average molecular weight is 301 g/mol. The summed E-state index contributed by atoms with van der Waals surface area (Å²) in [4.78, 5) is 28.7. The fraction of sp³-hybridized carbons (Fsp3) is 0.438. The lowest BCUT2D eigenvalue weighted by molar-refractivity contribution is -0.152. The minimum Gasteiger partial charge on any atom is -0.468 e. The van der Waals surface area contributed by atoms with E-state index in [0.29, 0.717) is 12.8 Å². The Labute approximate surface area is 128 Å². The van der Waals surface area contributed by atoms with Crippen LogP contribution in [-0.2, 0) is 21.4 Å². The molecule has 1 heterocycles. The summed E-state index contributed by atoms with van der Waals surface area (Å²) in [6.07, 6.45) is 1.08. The number of hydrogen-bond acceptors (Lipinski definition) is 4. The van der Waals surface area contributed by atoms with Gasteiger partial charge in [-0.25, -0.2) is 4.98 Å². The van der Waals surface area contributed by atoms with Gasteiger partial charge in [-0.05, 0) is 31.9 Å². The van der Waals surface area contributed by atoms with E-state index in [9.17, 15) is 9.59 Å². The molecule has 1 N–H and O–H groups in total. The molecule has 2 aromatic rings. The number of hydrogen-bond donors (Lipinski definition) is 1. The first kappa shape index (κ1) is 14.6. The third kappa shape index (κ3) is 2.15. The molecule has 1 fully saturated rings. The van der Waals surface area contributed by atoms with Crippen LogP contribution in [-0.4, -0.2) is 28.5 Å². The van der Waals surface area contributed by atoms with Crippen LogP contribution in [0.4, 0.5) is 0 Å². The van der Waals surface area contributed by atoms with Crippen molar-refractivity contribution in [2.24, 2.45) is 12.5 Å². The Morgan fingerprint density at radius 1 is 1.36 bits per heavy atom. The topological polar surface area (TPSA) is 73.2 Å². The van der Waals surface area contributed by atoms with Gasteiger partial charge in [0.1, 0.15) is 11.2 Å². The Bertz CT molecular complexity index is 746. The monoisotopic (exact) mass is 301 g/mol. The lowest BCUT2D eigenvalue weighted by Crippen LogP contribution is -2.39. The Kier molecular flexibility index (Phi) is 3.39. The van der Waals surface area contributed by atoms with E-state index in [0.717, 1.165) is 16.9 Å². The summed E-state index contributed by atoms with van der Waals surface area (Å²) in [7, 11) is 3.23. The van der Waals surface area contributed by atoms with Crippen molar-refractivity contribution in [3.05, 3.63) is 30.1 Å². The Morgan fingerprint density at radius 3 is 2.64 bits per heavy atom. The minimum absolute atomic E-state index is 0.279. The molecule has 1 aliphatic rings. The van der Waals surface area contributed by atoms with Gasteiger partial charge in [-0.15, -0.1) is 0 Å². The van der Waals surface area contributed by atoms with Gasteiger partial charge in [-0.3, -0.25) is 9.59 Å². The summed E-state index contributed by atoms with van der Waals surface area (Å²) in [5.41, 5.74) is 0.899. The summed E-state index contributed by atoms with van der Waals surface area (Å²) in [5.74, 6) is 0.0244. The smallest absolute Gasteiger partial charge is 0.321 e. The van der Waals surface area contributed by atoms with Crippen LogP contribution in [0.15, 0.2) is 24.3 Å². The molecule has 1 amide bonds. The Balaban J connectivity index is 1.82. The number of aryl methyl sites for hydroxylation is 1. The fourth-order valence-corrected chi connectivity index (χ4v) is 2.80. The number of nitrogens with zero attached hydrogens (tertiary/aromatic N) is 2. The molecule has 0 saturated heterocycles. The maximum absolute atomic E-state index is 12.4. The van der Waals surface area contributed by atoms with Gasteiger partial charge in [-0.2, -0.15) is 0 Å². The lowest BCUT2D eigenvalue weighted by Gasteiger charge is -2.18. The molecule has 0 bridgehead atoms. The third-order valence-electron chi connectivity index (χ3n) is 4.32. The molecule has 1 saturated carbocycles. The number of ether oxygens (including phenoxy) is 1. The first-order chi connectivity index (χ1) is 10.5. The van der Waals surface area contributed by atoms with Gasteiger partial charge in [0.2, 0.25) is 5.91 Å². The number of aromatic nitrogens is 2. The standard InChI is InChI=1S/C16H19N3O3/c1-10(17-14(20)16(8-9-16)15(21)22-3)13-18-11-6-4-5-7-12(11)19(13)2/h4-7,10H,8-9H2,1-3H3,(H,17,20)/t10-/m0/s1. The molecule has 0 radical (unpaired) electrons. The number of esters is 1. The molecule has 0 spiro atoms. The quantitative estimate of drug-likeness (QED) is 0.689. The fourth-order valence-electron chi connectivity index (χ4n) is 2.80. The van der Waals surface area contributed by atoms with E-state index < -0.39 is 11.4 Å². The number of benzene rings is 1. The molecule has 0 aliphatic heterocycles. The van der Waals surface area contributed by atoms with Gasteiger partial charge in [-0.1, -0.05) is 12.1 Å². The van der Waals surface area contributed by atoms with Crippen LogP contribution in [0, 0.1) is 5.41 Å². The van der Waals surface area contributed by atoms with Crippen molar-refractivity contribution in [3.63, 3.8) is 0 Å². The normalized spacial score (nSPS) is 17.0. The number of para-hydroxylation sites is 2. The van der Waals surface area contributed by atoms with Crippen molar-refractivity contribution >= 4 is 22.9 Å². The number of carbonyl (C=O) groups excluding carboxylic acids is 2. The van der Waals surface area contributed by atoms with E-state index in [4.69, 9.17) is 4.74 Å². The number of amides is 1. The highest BCUT2D eigenvalue weighted by atomic mass is 16.5. The molecule has 0 unspecified atom stereocenters. The third-order valence-corrected chi connectivity index (χ3v) is 4.32. The highest BCUT2D eigenvalue weighted by Crippen LogP contribution is 2.47. The summed E-state index contributed by atoms with van der Waals surface area (Å²) in [5, 5.41) is 2.89. The van der Waals surface area contributed by atoms with Crippen LogP contribution in [0.1, 0.15) is 31.6 Å². The summed E-state index contributed by atoms with van der Waals surface area (Å²) in [6, 6.07) is 7.51. The van der Waals surface area contributed by atoms with Crippen LogP contribution in [0.3, 0.4) is 0 Å². The van der Waals surface area contributed by atoms with Gasteiger partial charge < -0.3 is 14.6 Å². The van der Waals surface area contributed by atoms with E-state index in [1.54, 1.807) is 0 Å². The zero-order chi connectivity index (χ0) is 15.9. The number of methoxy groups -OCH3 is 1. The van der Waals surface area contributed by atoms with Crippen LogP contribution < -0.4 is 5.32 Å². The number of nitrogens with one attached hydrogen (secondary N) is 1. The second-order valence-electron chi connectivity index (χ2n) is 5.79. The largest absolute Gasteiger partial charge is 0.468 e. The molecule has 1 aromatic carbocycles. The molecule has 1 atom stereocenters. The molecule has 22 heavy (non-hydrogen) atoms. The maximum Gasteiger partial charge on any atom is 0.321 e. The molecular formula is C16H19N3O3. The first-order valence-electron chi connectivity index (χ1n) is 7.30. The van der Waals surface area contributed by atoms with Crippen molar-refractivity contribution < 1.29 is 14.3 Å². The van der Waals surface area contributed by atoms with E-state index in [1.807, 2.05) is 42.8 Å². The van der Waals surface area contributed by atoms with Crippen LogP contribution >= 0.6 is 0 Å².